The fourth-order valence-corrected chi connectivity index (χ4v) is 2.37. The molecule has 0 bridgehead atoms. The number of morpholine rings is 1. The van der Waals surface area contributed by atoms with Crippen LogP contribution in [-0.4, -0.2) is 59.4 Å². The maximum Gasteiger partial charge on any atom is 0.410 e. The van der Waals surface area contributed by atoms with E-state index in [9.17, 15) is 4.79 Å². The number of carbonyl (C=O) groups is 1. The lowest BCUT2D eigenvalue weighted by atomic mass is 10.2. The summed E-state index contributed by atoms with van der Waals surface area (Å²) in [5, 5.41) is 8.09. The standard InChI is InChI=1S/C16H20N4O4/c1-22-15-4-2-13(3-5-15)10-20-11-14(17-18-20)12-24-16(21)19-6-8-23-9-7-19/h2-5,11H,6-10,12H2,1H3. The van der Waals surface area contributed by atoms with Crippen LogP contribution in [0.15, 0.2) is 30.5 Å². The summed E-state index contributed by atoms with van der Waals surface area (Å²) in [5.74, 6) is 0.813. The van der Waals surface area contributed by atoms with Crippen molar-refractivity contribution in [2.45, 2.75) is 13.2 Å². The average molecular weight is 332 g/mol. The topological polar surface area (TPSA) is 78.7 Å². The molecule has 1 fully saturated rings. The van der Waals surface area contributed by atoms with Gasteiger partial charge in [-0.25, -0.2) is 9.48 Å². The van der Waals surface area contributed by atoms with Crippen LogP contribution in [0.5, 0.6) is 5.75 Å². The van der Waals surface area contributed by atoms with E-state index >= 15 is 0 Å². The van der Waals surface area contributed by atoms with E-state index in [1.54, 1.807) is 22.9 Å². The van der Waals surface area contributed by atoms with Crippen molar-refractivity contribution in [1.29, 1.82) is 0 Å². The molecule has 1 aromatic heterocycles. The van der Waals surface area contributed by atoms with Gasteiger partial charge in [0, 0.05) is 13.1 Å². The summed E-state index contributed by atoms with van der Waals surface area (Å²) in [6.07, 6.45) is 1.43. The number of hydrogen-bond acceptors (Lipinski definition) is 6. The molecule has 8 heteroatoms. The fourth-order valence-electron chi connectivity index (χ4n) is 2.37. The van der Waals surface area contributed by atoms with Gasteiger partial charge in [-0.05, 0) is 17.7 Å². The van der Waals surface area contributed by atoms with Crippen molar-refractivity contribution in [3.05, 3.63) is 41.7 Å². The Bertz CT molecular complexity index is 665. The first-order chi connectivity index (χ1) is 11.7. The fraction of sp³-hybridized carbons (Fsp3) is 0.438. The summed E-state index contributed by atoms with van der Waals surface area (Å²) in [6.45, 7) is 2.92. The normalized spacial score (nSPS) is 14.5. The second kappa shape index (κ2) is 7.78. The summed E-state index contributed by atoms with van der Waals surface area (Å²) >= 11 is 0. The Morgan fingerprint density at radius 3 is 2.71 bits per heavy atom. The number of methoxy groups -OCH3 is 1. The van der Waals surface area contributed by atoms with Gasteiger partial charge in [-0.3, -0.25) is 0 Å². The minimum absolute atomic E-state index is 0.110. The first kappa shape index (κ1) is 16.3. The van der Waals surface area contributed by atoms with E-state index in [0.717, 1.165) is 11.3 Å². The molecule has 0 N–H and O–H groups in total. The molecule has 8 nitrogen and oxygen atoms in total. The van der Waals surface area contributed by atoms with Gasteiger partial charge in [0.25, 0.3) is 0 Å². The Labute approximate surface area is 139 Å². The molecular formula is C16H20N4O4. The van der Waals surface area contributed by atoms with Gasteiger partial charge >= 0.3 is 6.09 Å². The minimum Gasteiger partial charge on any atom is -0.497 e. The molecule has 1 aliphatic rings. The highest BCUT2D eigenvalue weighted by Crippen LogP contribution is 2.12. The van der Waals surface area contributed by atoms with Crippen LogP contribution in [0.2, 0.25) is 0 Å². The second-order valence-electron chi connectivity index (χ2n) is 5.41. The predicted molar refractivity (Wildman–Crippen MR) is 84.7 cm³/mol. The SMILES string of the molecule is COc1ccc(Cn2cc(COC(=O)N3CCOCC3)nn2)cc1. The third-order valence-electron chi connectivity index (χ3n) is 3.70. The molecule has 0 spiro atoms. The highest BCUT2D eigenvalue weighted by atomic mass is 16.6. The molecule has 1 saturated heterocycles. The van der Waals surface area contributed by atoms with E-state index in [4.69, 9.17) is 14.2 Å². The molecule has 0 aliphatic carbocycles. The van der Waals surface area contributed by atoms with Gasteiger partial charge in [0.15, 0.2) is 0 Å². The van der Waals surface area contributed by atoms with Crippen molar-refractivity contribution in [3.8, 4) is 5.75 Å². The van der Waals surface area contributed by atoms with Crippen LogP contribution in [0, 0.1) is 0 Å². The smallest absolute Gasteiger partial charge is 0.410 e. The molecule has 1 aliphatic heterocycles. The third kappa shape index (κ3) is 4.23. The van der Waals surface area contributed by atoms with Gasteiger partial charge in [-0.1, -0.05) is 17.3 Å². The largest absolute Gasteiger partial charge is 0.497 e. The Balaban J connectivity index is 1.50. The van der Waals surface area contributed by atoms with E-state index in [1.165, 1.54) is 0 Å². The Kier molecular flexibility index (Phi) is 5.27. The third-order valence-corrected chi connectivity index (χ3v) is 3.70. The summed E-state index contributed by atoms with van der Waals surface area (Å²) < 4.78 is 17.3. The van der Waals surface area contributed by atoms with Crippen molar-refractivity contribution >= 4 is 6.09 Å². The Morgan fingerprint density at radius 1 is 1.25 bits per heavy atom. The first-order valence-electron chi connectivity index (χ1n) is 7.76. The predicted octanol–water partition coefficient (Wildman–Crippen LogP) is 1.30. The molecule has 0 saturated carbocycles. The van der Waals surface area contributed by atoms with Crippen LogP contribution in [0.1, 0.15) is 11.3 Å². The van der Waals surface area contributed by atoms with Gasteiger partial charge in [-0.15, -0.1) is 5.10 Å². The molecule has 1 amide bonds. The zero-order valence-electron chi connectivity index (χ0n) is 13.6. The number of rotatable bonds is 5. The number of hydrogen-bond donors (Lipinski definition) is 0. The maximum atomic E-state index is 11.9. The lowest BCUT2D eigenvalue weighted by Gasteiger charge is -2.25. The molecule has 24 heavy (non-hydrogen) atoms. The van der Waals surface area contributed by atoms with Gasteiger partial charge in [-0.2, -0.15) is 0 Å². The number of nitrogens with zero attached hydrogens (tertiary/aromatic N) is 4. The Morgan fingerprint density at radius 2 is 2.00 bits per heavy atom. The number of ether oxygens (including phenoxy) is 3. The minimum atomic E-state index is -0.344. The molecule has 0 atom stereocenters. The van der Waals surface area contributed by atoms with Crippen LogP contribution in [0.4, 0.5) is 4.79 Å². The molecule has 0 unspecified atom stereocenters. The van der Waals surface area contributed by atoms with E-state index in [1.807, 2.05) is 24.3 Å². The number of aromatic nitrogens is 3. The van der Waals surface area contributed by atoms with Gasteiger partial charge < -0.3 is 19.1 Å². The highest BCUT2D eigenvalue weighted by molar-refractivity contribution is 5.67. The molecule has 128 valence electrons. The van der Waals surface area contributed by atoms with E-state index in [0.29, 0.717) is 38.5 Å². The lowest BCUT2D eigenvalue weighted by Crippen LogP contribution is -2.40. The summed E-state index contributed by atoms with van der Waals surface area (Å²) in [7, 11) is 1.64. The van der Waals surface area contributed by atoms with Crippen LogP contribution in [0.25, 0.3) is 0 Å². The average Bonchev–Trinajstić information content (AvgIpc) is 3.08. The summed E-state index contributed by atoms with van der Waals surface area (Å²) in [6, 6.07) is 7.74. The molecule has 1 aromatic carbocycles. The van der Waals surface area contributed by atoms with Crippen molar-refractivity contribution in [2.75, 3.05) is 33.4 Å². The zero-order chi connectivity index (χ0) is 16.8. The van der Waals surface area contributed by atoms with E-state index in [2.05, 4.69) is 10.3 Å². The van der Waals surface area contributed by atoms with Crippen LogP contribution in [-0.2, 0) is 22.6 Å². The first-order valence-corrected chi connectivity index (χ1v) is 7.76. The van der Waals surface area contributed by atoms with E-state index in [-0.39, 0.29) is 12.7 Å². The lowest BCUT2D eigenvalue weighted by molar-refractivity contribution is 0.0246. The maximum absolute atomic E-state index is 11.9. The monoisotopic (exact) mass is 332 g/mol. The van der Waals surface area contributed by atoms with Gasteiger partial charge in [0.05, 0.1) is 33.1 Å². The van der Waals surface area contributed by atoms with E-state index < -0.39 is 0 Å². The molecule has 0 radical (unpaired) electrons. The van der Waals surface area contributed by atoms with Crippen molar-refractivity contribution in [1.82, 2.24) is 19.9 Å². The molecule has 2 heterocycles. The molecule has 3 rings (SSSR count). The van der Waals surface area contributed by atoms with Crippen molar-refractivity contribution in [3.63, 3.8) is 0 Å². The van der Waals surface area contributed by atoms with Gasteiger partial charge in [0.1, 0.15) is 18.1 Å². The number of carbonyl (C=O) groups excluding carboxylic acids is 1. The van der Waals surface area contributed by atoms with Crippen molar-refractivity contribution < 1.29 is 19.0 Å². The van der Waals surface area contributed by atoms with Crippen LogP contribution < -0.4 is 4.74 Å². The molecule has 2 aromatic rings. The molecular weight excluding hydrogens is 312 g/mol. The Hall–Kier alpha value is -2.61. The zero-order valence-corrected chi connectivity index (χ0v) is 13.6. The quantitative estimate of drug-likeness (QED) is 0.821. The number of amides is 1. The second-order valence-corrected chi connectivity index (χ2v) is 5.41. The van der Waals surface area contributed by atoms with Gasteiger partial charge in [0.2, 0.25) is 0 Å². The van der Waals surface area contributed by atoms with Crippen LogP contribution >= 0.6 is 0 Å². The van der Waals surface area contributed by atoms with Crippen LogP contribution in [0.3, 0.4) is 0 Å². The highest BCUT2D eigenvalue weighted by Gasteiger charge is 2.18. The summed E-state index contributed by atoms with van der Waals surface area (Å²) in [5.41, 5.74) is 1.70. The number of benzene rings is 1. The summed E-state index contributed by atoms with van der Waals surface area (Å²) in [4.78, 5) is 13.5. The van der Waals surface area contributed by atoms with Crippen molar-refractivity contribution in [2.24, 2.45) is 0 Å².